The molecule has 1 aromatic carbocycles. The van der Waals surface area contributed by atoms with Gasteiger partial charge in [0.2, 0.25) is 5.89 Å². The molecule has 0 fully saturated rings. The van der Waals surface area contributed by atoms with E-state index < -0.39 is 0 Å². The van der Waals surface area contributed by atoms with Crippen molar-refractivity contribution in [3.8, 4) is 11.5 Å². The van der Waals surface area contributed by atoms with Gasteiger partial charge < -0.3 is 14.5 Å². The quantitative estimate of drug-likeness (QED) is 0.798. The molecule has 0 radical (unpaired) electrons. The number of aryl methyl sites for hydroxylation is 2. The minimum absolute atomic E-state index is 0.212. The molecule has 1 heterocycles. The first-order valence-electron chi connectivity index (χ1n) is 7.52. The Kier molecular flexibility index (Phi) is 5.72. The van der Waals surface area contributed by atoms with Crippen molar-refractivity contribution in [2.24, 2.45) is 0 Å². The van der Waals surface area contributed by atoms with Gasteiger partial charge in [-0.05, 0) is 39.3 Å². The lowest BCUT2D eigenvalue weighted by atomic mass is 10.1. The number of aromatic nitrogens is 1. The Balaban J connectivity index is 2.00. The van der Waals surface area contributed by atoms with Gasteiger partial charge in [0.15, 0.2) is 5.69 Å². The van der Waals surface area contributed by atoms with Crippen LogP contribution in [-0.2, 0) is 4.74 Å². The lowest BCUT2D eigenvalue weighted by Gasteiger charge is -2.03. The summed E-state index contributed by atoms with van der Waals surface area (Å²) >= 11 is 0. The van der Waals surface area contributed by atoms with Crippen molar-refractivity contribution in [1.29, 1.82) is 0 Å². The van der Waals surface area contributed by atoms with E-state index in [-0.39, 0.29) is 5.91 Å². The van der Waals surface area contributed by atoms with Gasteiger partial charge in [-0.2, -0.15) is 0 Å². The fourth-order valence-corrected chi connectivity index (χ4v) is 2.03. The molecule has 0 atom stereocenters. The van der Waals surface area contributed by atoms with Crippen molar-refractivity contribution in [2.45, 2.75) is 27.2 Å². The maximum absolute atomic E-state index is 12.1. The van der Waals surface area contributed by atoms with E-state index in [4.69, 9.17) is 9.15 Å². The van der Waals surface area contributed by atoms with Gasteiger partial charge in [-0.1, -0.05) is 17.7 Å². The predicted molar refractivity (Wildman–Crippen MR) is 84.9 cm³/mol. The molecule has 0 saturated carbocycles. The maximum Gasteiger partial charge on any atom is 0.273 e. The van der Waals surface area contributed by atoms with Crippen LogP contribution in [-0.4, -0.2) is 30.6 Å². The van der Waals surface area contributed by atoms with Crippen LogP contribution in [0.2, 0.25) is 0 Å². The summed E-state index contributed by atoms with van der Waals surface area (Å²) in [5, 5.41) is 2.83. The minimum Gasteiger partial charge on any atom is -0.441 e. The molecule has 0 spiro atoms. The van der Waals surface area contributed by atoms with Crippen molar-refractivity contribution < 1.29 is 13.9 Å². The number of carbonyl (C=O) groups is 1. The molecule has 2 aromatic rings. The summed E-state index contributed by atoms with van der Waals surface area (Å²) in [6.45, 7) is 7.61. The Labute approximate surface area is 130 Å². The van der Waals surface area contributed by atoms with Crippen molar-refractivity contribution in [2.75, 3.05) is 19.8 Å². The molecule has 0 unspecified atom stereocenters. The fourth-order valence-electron chi connectivity index (χ4n) is 2.03. The third kappa shape index (κ3) is 4.18. The van der Waals surface area contributed by atoms with E-state index >= 15 is 0 Å². The molecule has 0 aliphatic heterocycles. The molecule has 5 nitrogen and oxygen atoms in total. The van der Waals surface area contributed by atoms with Gasteiger partial charge in [0.25, 0.3) is 5.91 Å². The third-order valence-electron chi connectivity index (χ3n) is 3.27. The zero-order valence-electron chi connectivity index (χ0n) is 13.3. The van der Waals surface area contributed by atoms with Crippen molar-refractivity contribution in [3.05, 3.63) is 41.3 Å². The third-order valence-corrected chi connectivity index (χ3v) is 3.27. The van der Waals surface area contributed by atoms with Crippen molar-refractivity contribution in [1.82, 2.24) is 10.3 Å². The second-order valence-electron chi connectivity index (χ2n) is 5.10. The van der Waals surface area contributed by atoms with E-state index in [1.54, 1.807) is 6.92 Å². The fraction of sp³-hybridized carbons (Fsp3) is 0.412. The topological polar surface area (TPSA) is 64.4 Å². The Morgan fingerprint density at radius 3 is 2.68 bits per heavy atom. The van der Waals surface area contributed by atoms with Crippen molar-refractivity contribution in [3.63, 3.8) is 0 Å². The molecular formula is C17H22N2O3. The highest BCUT2D eigenvalue weighted by atomic mass is 16.5. The molecule has 0 aliphatic rings. The van der Waals surface area contributed by atoms with Gasteiger partial charge >= 0.3 is 0 Å². The summed E-state index contributed by atoms with van der Waals surface area (Å²) in [4.78, 5) is 16.4. The predicted octanol–water partition coefficient (Wildman–Crippen LogP) is 3.11. The van der Waals surface area contributed by atoms with Crippen LogP contribution in [0.25, 0.3) is 11.5 Å². The van der Waals surface area contributed by atoms with E-state index in [0.717, 1.165) is 12.0 Å². The van der Waals surface area contributed by atoms with Crippen LogP contribution in [0.4, 0.5) is 0 Å². The van der Waals surface area contributed by atoms with Gasteiger partial charge in [0, 0.05) is 25.3 Å². The van der Waals surface area contributed by atoms with Gasteiger partial charge in [-0.15, -0.1) is 0 Å². The number of hydrogen-bond donors (Lipinski definition) is 1. The average Bonchev–Trinajstić information content (AvgIpc) is 2.89. The Morgan fingerprint density at radius 2 is 2.00 bits per heavy atom. The number of nitrogens with zero attached hydrogens (tertiary/aromatic N) is 1. The summed E-state index contributed by atoms with van der Waals surface area (Å²) in [6, 6.07) is 7.85. The number of amides is 1. The Morgan fingerprint density at radius 1 is 1.27 bits per heavy atom. The van der Waals surface area contributed by atoms with Gasteiger partial charge in [-0.25, -0.2) is 4.98 Å². The zero-order valence-corrected chi connectivity index (χ0v) is 13.3. The number of benzene rings is 1. The highest BCUT2D eigenvalue weighted by molar-refractivity contribution is 5.93. The number of hydrogen-bond acceptors (Lipinski definition) is 4. The lowest BCUT2D eigenvalue weighted by Crippen LogP contribution is -2.26. The summed E-state index contributed by atoms with van der Waals surface area (Å²) in [5.41, 5.74) is 2.37. The van der Waals surface area contributed by atoms with Gasteiger partial charge in [0.05, 0.1) is 0 Å². The van der Waals surface area contributed by atoms with E-state index in [9.17, 15) is 4.79 Å². The van der Waals surface area contributed by atoms with Gasteiger partial charge in [-0.3, -0.25) is 4.79 Å². The average molecular weight is 302 g/mol. The molecular weight excluding hydrogens is 280 g/mol. The molecule has 1 amide bonds. The summed E-state index contributed by atoms with van der Waals surface area (Å²) in [6.07, 6.45) is 0.779. The molecule has 22 heavy (non-hydrogen) atoms. The SMILES string of the molecule is CCOCCCNC(=O)c1nc(-c2ccc(C)cc2)oc1C. The first kappa shape index (κ1) is 16.2. The molecule has 5 heteroatoms. The molecule has 1 N–H and O–H groups in total. The molecule has 2 rings (SSSR count). The first-order valence-corrected chi connectivity index (χ1v) is 7.52. The molecule has 0 bridgehead atoms. The lowest BCUT2D eigenvalue weighted by molar-refractivity contribution is 0.0938. The number of ether oxygens (including phenoxy) is 1. The summed E-state index contributed by atoms with van der Waals surface area (Å²) in [7, 11) is 0. The zero-order chi connectivity index (χ0) is 15.9. The second kappa shape index (κ2) is 7.75. The number of nitrogens with one attached hydrogen (secondary N) is 1. The van der Waals surface area contributed by atoms with Crippen molar-refractivity contribution >= 4 is 5.91 Å². The second-order valence-corrected chi connectivity index (χ2v) is 5.10. The van der Waals surface area contributed by atoms with E-state index in [1.807, 2.05) is 38.1 Å². The minimum atomic E-state index is -0.212. The Hall–Kier alpha value is -2.14. The van der Waals surface area contributed by atoms with Crippen LogP contribution in [0.3, 0.4) is 0 Å². The highest BCUT2D eigenvalue weighted by Gasteiger charge is 2.17. The monoisotopic (exact) mass is 302 g/mol. The first-order chi connectivity index (χ1) is 10.6. The van der Waals surface area contributed by atoms with Crippen LogP contribution < -0.4 is 5.32 Å². The van der Waals surface area contributed by atoms with E-state index in [0.29, 0.717) is 37.1 Å². The summed E-state index contributed by atoms with van der Waals surface area (Å²) < 4.78 is 10.8. The Bertz CT molecular complexity index is 617. The summed E-state index contributed by atoms with van der Waals surface area (Å²) in [5.74, 6) is 0.783. The van der Waals surface area contributed by atoms with Gasteiger partial charge in [0.1, 0.15) is 5.76 Å². The van der Waals surface area contributed by atoms with E-state index in [1.165, 1.54) is 5.56 Å². The van der Waals surface area contributed by atoms with Crippen LogP contribution in [0.15, 0.2) is 28.7 Å². The largest absolute Gasteiger partial charge is 0.441 e. The molecule has 0 aliphatic carbocycles. The van der Waals surface area contributed by atoms with Crippen LogP contribution >= 0.6 is 0 Å². The number of rotatable bonds is 7. The van der Waals surface area contributed by atoms with Crippen LogP contribution in [0.1, 0.15) is 35.2 Å². The smallest absolute Gasteiger partial charge is 0.273 e. The standard InChI is InChI=1S/C17H22N2O3/c1-4-21-11-5-10-18-16(20)15-13(3)22-17(19-15)14-8-6-12(2)7-9-14/h6-9H,4-5,10-11H2,1-3H3,(H,18,20). The van der Waals surface area contributed by atoms with E-state index in [2.05, 4.69) is 10.3 Å². The normalized spacial score (nSPS) is 10.7. The molecule has 0 saturated heterocycles. The maximum atomic E-state index is 12.1. The van der Waals surface area contributed by atoms with Crippen LogP contribution in [0, 0.1) is 13.8 Å². The molecule has 118 valence electrons. The highest BCUT2D eigenvalue weighted by Crippen LogP contribution is 2.22. The number of carbonyl (C=O) groups excluding carboxylic acids is 1. The number of oxazole rings is 1. The molecule has 1 aromatic heterocycles. The van der Waals surface area contributed by atoms with Crippen LogP contribution in [0.5, 0.6) is 0 Å².